The first-order valence-electron chi connectivity index (χ1n) is 4.49. The molecule has 88 valence electrons. The minimum absolute atomic E-state index is 0.0697. The van der Waals surface area contributed by atoms with Crippen LogP contribution in [0.15, 0.2) is 0 Å². The highest BCUT2D eigenvalue weighted by Crippen LogP contribution is 2.05. The normalized spacial score (nSPS) is 16.3. The maximum atomic E-state index is 11.1. The molecule has 6 heteroatoms. The van der Waals surface area contributed by atoms with Gasteiger partial charge in [-0.25, -0.2) is 0 Å². The molecule has 3 atom stereocenters. The molecule has 0 spiro atoms. The van der Waals surface area contributed by atoms with Gasteiger partial charge < -0.3 is 9.47 Å². The summed E-state index contributed by atoms with van der Waals surface area (Å²) >= 11 is 6.16. The van der Waals surface area contributed by atoms with E-state index in [0.29, 0.717) is 0 Å². The lowest BCUT2D eigenvalue weighted by atomic mass is 10.4. The van der Waals surface area contributed by atoms with E-state index in [1.165, 1.54) is 0 Å². The van der Waals surface area contributed by atoms with Crippen LogP contribution in [0.25, 0.3) is 0 Å². The van der Waals surface area contributed by atoms with Gasteiger partial charge in [-0.3, -0.25) is 9.59 Å². The summed E-state index contributed by atoms with van der Waals surface area (Å²) in [4.78, 5) is 21.5. The van der Waals surface area contributed by atoms with Gasteiger partial charge in [-0.05, 0) is 20.8 Å². The van der Waals surface area contributed by atoms with Crippen LogP contribution in [0, 0.1) is 0 Å². The number of halogens is 2. The van der Waals surface area contributed by atoms with Crippen molar-refractivity contribution in [1.29, 1.82) is 0 Å². The lowest BCUT2D eigenvalue weighted by molar-refractivity contribution is -0.156. The molecule has 0 heterocycles. The van der Waals surface area contributed by atoms with Crippen molar-refractivity contribution < 1.29 is 19.1 Å². The number of rotatable bonds is 5. The molecule has 3 unspecified atom stereocenters. The lowest BCUT2D eigenvalue weighted by Crippen LogP contribution is -2.27. The van der Waals surface area contributed by atoms with Crippen molar-refractivity contribution in [2.75, 3.05) is 6.61 Å². The first-order chi connectivity index (χ1) is 6.84. The number of esters is 2. The van der Waals surface area contributed by atoms with Crippen LogP contribution in [0.3, 0.4) is 0 Å². The zero-order valence-electron chi connectivity index (χ0n) is 8.83. The Morgan fingerprint density at radius 1 is 1.07 bits per heavy atom. The zero-order chi connectivity index (χ0) is 12.0. The summed E-state index contributed by atoms with van der Waals surface area (Å²) in [6, 6.07) is 0. The molecule has 0 aliphatic heterocycles. The van der Waals surface area contributed by atoms with Gasteiger partial charge in [-0.15, -0.1) is 0 Å². The fraction of sp³-hybridized carbons (Fsp3) is 0.778. The molecule has 4 nitrogen and oxygen atoms in total. The van der Waals surface area contributed by atoms with E-state index < -0.39 is 6.10 Å². The van der Waals surface area contributed by atoms with Gasteiger partial charge in [-0.2, -0.15) is 0 Å². The molecule has 15 heavy (non-hydrogen) atoms. The summed E-state index contributed by atoms with van der Waals surface area (Å²) in [7, 11) is 0. The second-order valence-corrected chi connectivity index (χ2v) is 5.86. The number of alkyl halides is 2. The van der Waals surface area contributed by atoms with Crippen LogP contribution in [-0.4, -0.2) is 34.3 Å². The predicted octanol–water partition coefficient (Wildman–Crippen LogP) is 2.03. The highest BCUT2D eigenvalue weighted by Gasteiger charge is 2.17. The Kier molecular flexibility index (Phi) is 7.17. The average Bonchev–Trinajstić information content (AvgIpc) is 2.13. The smallest absolute Gasteiger partial charge is 0.319 e. The van der Waals surface area contributed by atoms with E-state index in [9.17, 15) is 9.59 Å². The van der Waals surface area contributed by atoms with Crippen molar-refractivity contribution in [3.63, 3.8) is 0 Å². The fourth-order valence-electron chi connectivity index (χ4n) is 0.640. The van der Waals surface area contributed by atoms with Gasteiger partial charge in [0.25, 0.3) is 0 Å². The van der Waals surface area contributed by atoms with Crippen LogP contribution in [0.1, 0.15) is 20.8 Å². The lowest BCUT2D eigenvalue weighted by Gasteiger charge is -2.14. The maximum Gasteiger partial charge on any atom is 0.319 e. The van der Waals surface area contributed by atoms with E-state index in [2.05, 4.69) is 31.9 Å². The molecule has 0 radical (unpaired) electrons. The van der Waals surface area contributed by atoms with E-state index in [1.54, 1.807) is 20.8 Å². The molecule has 0 aliphatic carbocycles. The van der Waals surface area contributed by atoms with E-state index in [4.69, 9.17) is 9.47 Å². The van der Waals surface area contributed by atoms with E-state index in [-0.39, 0.29) is 28.2 Å². The van der Waals surface area contributed by atoms with Gasteiger partial charge in [0.05, 0.1) is 0 Å². The van der Waals surface area contributed by atoms with E-state index in [1.807, 2.05) is 0 Å². The van der Waals surface area contributed by atoms with Gasteiger partial charge in [0.15, 0.2) is 0 Å². The molecule has 0 aromatic rings. The van der Waals surface area contributed by atoms with Crippen LogP contribution >= 0.6 is 31.9 Å². The predicted molar refractivity (Wildman–Crippen MR) is 63.3 cm³/mol. The number of carbonyl (C=O) groups is 2. The number of hydrogen-bond donors (Lipinski definition) is 0. The third-order valence-electron chi connectivity index (χ3n) is 1.43. The summed E-state index contributed by atoms with van der Waals surface area (Å²) in [5.74, 6) is -0.741. The Labute approximate surface area is 106 Å². The van der Waals surface area contributed by atoms with Crippen LogP contribution in [0.5, 0.6) is 0 Å². The van der Waals surface area contributed by atoms with Gasteiger partial charge in [0.2, 0.25) is 0 Å². The Bertz CT molecular complexity index is 228. The van der Waals surface area contributed by atoms with Crippen molar-refractivity contribution in [3.8, 4) is 0 Å². The summed E-state index contributed by atoms with van der Waals surface area (Å²) in [5, 5.41) is 0. The molecule has 0 N–H and O–H groups in total. The Morgan fingerprint density at radius 2 is 1.53 bits per heavy atom. The molecule has 0 fully saturated rings. The minimum atomic E-state index is -0.437. The van der Waals surface area contributed by atoms with E-state index in [0.717, 1.165) is 0 Å². The van der Waals surface area contributed by atoms with Crippen molar-refractivity contribution in [2.24, 2.45) is 0 Å². The second kappa shape index (κ2) is 7.22. The monoisotopic (exact) mass is 344 g/mol. The SMILES string of the molecule is CC(COC(=O)C(C)Br)OC(=O)C(C)Br. The molecule has 0 aliphatic rings. The molecular formula is C9H14Br2O4. The van der Waals surface area contributed by atoms with E-state index >= 15 is 0 Å². The van der Waals surface area contributed by atoms with Crippen molar-refractivity contribution in [1.82, 2.24) is 0 Å². The molecule has 0 saturated carbocycles. The minimum Gasteiger partial charge on any atom is -0.461 e. The topological polar surface area (TPSA) is 52.6 Å². The molecule has 0 amide bonds. The maximum absolute atomic E-state index is 11.1. The Hall–Kier alpha value is -0.100. The third kappa shape index (κ3) is 6.89. The van der Waals surface area contributed by atoms with Gasteiger partial charge >= 0.3 is 11.9 Å². The van der Waals surface area contributed by atoms with Crippen LogP contribution in [-0.2, 0) is 19.1 Å². The fourth-order valence-corrected chi connectivity index (χ4v) is 0.880. The molecular weight excluding hydrogens is 332 g/mol. The van der Waals surface area contributed by atoms with Crippen molar-refractivity contribution >= 4 is 43.8 Å². The average molecular weight is 346 g/mol. The molecule has 0 aromatic heterocycles. The highest BCUT2D eigenvalue weighted by atomic mass is 79.9. The zero-order valence-corrected chi connectivity index (χ0v) is 12.0. The number of hydrogen-bond acceptors (Lipinski definition) is 4. The van der Waals surface area contributed by atoms with Gasteiger partial charge in [0.1, 0.15) is 22.4 Å². The second-order valence-electron chi connectivity index (χ2n) is 3.11. The molecule has 0 saturated heterocycles. The van der Waals surface area contributed by atoms with Crippen LogP contribution in [0.2, 0.25) is 0 Å². The molecule has 0 bridgehead atoms. The summed E-state index contributed by atoms with van der Waals surface area (Å²) in [5.41, 5.74) is 0. The molecule has 0 aromatic carbocycles. The third-order valence-corrected chi connectivity index (χ3v) is 2.17. The number of ether oxygens (including phenoxy) is 2. The van der Waals surface area contributed by atoms with Crippen molar-refractivity contribution in [3.05, 3.63) is 0 Å². The quantitative estimate of drug-likeness (QED) is 0.565. The van der Waals surface area contributed by atoms with Crippen molar-refractivity contribution in [2.45, 2.75) is 36.5 Å². The first-order valence-corrected chi connectivity index (χ1v) is 6.33. The summed E-state index contributed by atoms with van der Waals surface area (Å²) in [6.07, 6.45) is -0.437. The number of carbonyl (C=O) groups excluding carboxylic acids is 2. The standard InChI is InChI=1S/C9H14Br2O4/c1-5(15-9(13)7(3)11)4-14-8(12)6(2)10/h5-7H,4H2,1-3H3. The van der Waals surface area contributed by atoms with Gasteiger partial charge in [0, 0.05) is 0 Å². The highest BCUT2D eigenvalue weighted by molar-refractivity contribution is 9.10. The Morgan fingerprint density at radius 3 is 1.93 bits per heavy atom. The van der Waals surface area contributed by atoms with Crippen LogP contribution in [0.4, 0.5) is 0 Å². The van der Waals surface area contributed by atoms with Crippen LogP contribution < -0.4 is 0 Å². The molecule has 0 rings (SSSR count). The van der Waals surface area contributed by atoms with Gasteiger partial charge in [-0.1, -0.05) is 31.9 Å². The largest absolute Gasteiger partial charge is 0.461 e. The Balaban J connectivity index is 3.80. The summed E-state index contributed by atoms with van der Waals surface area (Å²) < 4.78 is 9.83. The first kappa shape index (κ1) is 14.9. The summed E-state index contributed by atoms with van der Waals surface area (Å²) in [6.45, 7) is 5.07.